The molecule has 3 aromatic rings. The van der Waals surface area contributed by atoms with Crippen LogP contribution in [0.2, 0.25) is 0 Å². The third-order valence-corrected chi connectivity index (χ3v) is 7.28. The van der Waals surface area contributed by atoms with Gasteiger partial charge in [-0.15, -0.1) is 0 Å². The zero-order chi connectivity index (χ0) is 28.9. The molecule has 0 bridgehead atoms. The molecule has 1 atom stereocenters. The number of rotatable bonds is 9. The van der Waals surface area contributed by atoms with Gasteiger partial charge < -0.3 is 20.6 Å². The third kappa shape index (κ3) is 7.31. The summed E-state index contributed by atoms with van der Waals surface area (Å²) in [5.74, 6) is -0.510. The Bertz CT molecular complexity index is 1300. The van der Waals surface area contributed by atoms with Crippen molar-refractivity contribution in [3.8, 4) is 0 Å². The minimum absolute atomic E-state index is 0.0430. The van der Waals surface area contributed by atoms with Gasteiger partial charge in [-0.3, -0.25) is 4.79 Å². The van der Waals surface area contributed by atoms with Gasteiger partial charge in [-0.1, -0.05) is 18.2 Å². The molecule has 4 rings (SSSR count). The average molecular weight is 555 g/mol. The first kappa shape index (κ1) is 28.9. The van der Waals surface area contributed by atoms with Gasteiger partial charge in [0.15, 0.2) is 0 Å². The molecule has 0 saturated carbocycles. The van der Waals surface area contributed by atoms with E-state index in [1.165, 1.54) is 13.8 Å². The Labute approximate surface area is 231 Å². The van der Waals surface area contributed by atoms with E-state index in [1.807, 2.05) is 42.5 Å². The summed E-state index contributed by atoms with van der Waals surface area (Å²) in [6.45, 7) is 5.51. The summed E-state index contributed by atoms with van der Waals surface area (Å²) in [6, 6.07) is 14.0. The number of anilines is 2. The first-order valence-electron chi connectivity index (χ1n) is 13.2. The summed E-state index contributed by atoms with van der Waals surface area (Å²) in [5, 5.41) is 15.6. The fraction of sp³-hybridized carbons (Fsp3) is 0.367. The van der Waals surface area contributed by atoms with Crippen LogP contribution in [-0.2, 0) is 17.4 Å². The van der Waals surface area contributed by atoms with E-state index in [-0.39, 0.29) is 23.1 Å². The standard InChI is InChI=1S/C30H33F3N4O3/c1-19-15-23(30(31,32)33)16-20(2)27(19)28(38)36-25(29(39)40)17-21-6-8-24(9-7-21)37-13-10-22(11-14-37)18-35-26-5-3-4-12-34-26/h3-9,12,15-16,22,25H,10-11,13-14,17-18H2,1-2H3,(H,34,35)(H,36,38)(H,39,40). The fourth-order valence-corrected chi connectivity index (χ4v) is 5.11. The maximum absolute atomic E-state index is 13.1. The zero-order valence-electron chi connectivity index (χ0n) is 22.5. The lowest BCUT2D eigenvalue weighted by atomic mass is 9.96. The second-order valence-corrected chi connectivity index (χ2v) is 10.2. The largest absolute Gasteiger partial charge is 0.480 e. The van der Waals surface area contributed by atoms with E-state index in [1.54, 1.807) is 6.20 Å². The Morgan fingerprint density at radius 1 is 1.05 bits per heavy atom. The molecule has 3 N–H and O–H groups in total. The number of aromatic nitrogens is 1. The Hall–Kier alpha value is -4.08. The Morgan fingerprint density at radius 2 is 1.70 bits per heavy atom. The van der Waals surface area contributed by atoms with Crippen LogP contribution in [0.3, 0.4) is 0 Å². The number of carbonyl (C=O) groups excluding carboxylic acids is 1. The van der Waals surface area contributed by atoms with Gasteiger partial charge in [-0.2, -0.15) is 13.2 Å². The Kier molecular flexibility index (Phi) is 8.96. The first-order valence-corrected chi connectivity index (χ1v) is 13.2. The van der Waals surface area contributed by atoms with Crippen LogP contribution in [0.1, 0.15) is 45.5 Å². The van der Waals surface area contributed by atoms with E-state index in [0.717, 1.165) is 61.7 Å². The molecular formula is C30H33F3N4O3. The maximum atomic E-state index is 13.1. The number of nitrogens with zero attached hydrogens (tertiary/aromatic N) is 2. The lowest BCUT2D eigenvalue weighted by molar-refractivity contribution is -0.139. The van der Waals surface area contributed by atoms with Gasteiger partial charge >= 0.3 is 12.1 Å². The van der Waals surface area contributed by atoms with Crippen LogP contribution in [0.5, 0.6) is 0 Å². The summed E-state index contributed by atoms with van der Waals surface area (Å²) in [4.78, 5) is 31.4. The normalized spacial score (nSPS) is 15.0. The molecule has 1 aromatic heterocycles. The zero-order valence-corrected chi connectivity index (χ0v) is 22.5. The predicted molar refractivity (Wildman–Crippen MR) is 148 cm³/mol. The van der Waals surface area contributed by atoms with Gasteiger partial charge in [-0.25, -0.2) is 9.78 Å². The molecule has 10 heteroatoms. The molecule has 1 aliphatic rings. The van der Waals surface area contributed by atoms with Crippen molar-refractivity contribution in [1.29, 1.82) is 0 Å². The van der Waals surface area contributed by atoms with Crippen molar-refractivity contribution in [2.45, 2.75) is 45.3 Å². The average Bonchev–Trinajstić information content (AvgIpc) is 2.92. The smallest absolute Gasteiger partial charge is 0.416 e. The molecular weight excluding hydrogens is 521 g/mol. The number of hydrogen-bond acceptors (Lipinski definition) is 5. The number of halogens is 3. The number of nitrogens with one attached hydrogen (secondary N) is 2. The van der Waals surface area contributed by atoms with Gasteiger partial charge in [0.05, 0.1) is 5.56 Å². The highest BCUT2D eigenvalue weighted by atomic mass is 19.4. The molecule has 212 valence electrons. The van der Waals surface area contributed by atoms with Crippen LogP contribution < -0.4 is 15.5 Å². The van der Waals surface area contributed by atoms with Crippen LogP contribution >= 0.6 is 0 Å². The quantitative estimate of drug-likeness (QED) is 0.325. The van der Waals surface area contributed by atoms with Gasteiger partial charge in [0, 0.05) is 43.5 Å². The van der Waals surface area contributed by atoms with Crippen molar-refractivity contribution in [3.05, 3.63) is 88.6 Å². The molecule has 1 aliphatic heterocycles. The number of amides is 1. The maximum Gasteiger partial charge on any atom is 0.416 e. The first-order chi connectivity index (χ1) is 19.0. The Balaban J connectivity index is 1.33. The number of aryl methyl sites for hydroxylation is 2. The Morgan fingerprint density at radius 3 is 2.25 bits per heavy atom. The number of benzene rings is 2. The van der Waals surface area contributed by atoms with E-state index < -0.39 is 29.7 Å². The van der Waals surface area contributed by atoms with Gasteiger partial charge in [-0.05, 0) is 85.7 Å². The number of carboxylic acids is 1. The lowest BCUT2D eigenvalue weighted by Gasteiger charge is -2.34. The molecule has 7 nitrogen and oxygen atoms in total. The van der Waals surface area contributed by atoms with Gasteiger partial charge in [0.25, 0.3) is 5.91 Å². The van der Waals surface area contributed by atoms with Crippen molar-refractivity contribution in [3.63, 3.8) is 0 Å². The van der Waals surface area contributed by atoms with Crippen LogP contribution in [0, 0.1) is 19.8 Å². The van der Waals surface area contributed by atoms with Gasteiger partial charge in [0.1, 0.15) is 11.9 Å². The predicted octanol–water partition coefficient (Wildman–Crippen LogP) is 5.47. The number of pyridine rings is 1. The van der Waals surface area contributed by atoms with Crippen LogP contribution in [0.4, 0.5) is 24.7 Å². The second-order valence-electron chi connectivity index (χ2n) is 10.2. The van der Waals surface area contributed by atoms with Crippen LogP contribution in [0.25, 0.3) is 0 Å². The van der Waals surface area contributed by atoms with E-state index in [9.17, 15) is 27.9 Å². The summed E-state index contributed by atoms with van der Waals surface area (Å²) in [5.41, 5.74) is 1.25. The molecule has 0 radical (unpaired) electrons. The minimum atomic E-state index is -4.53. The van der Waals surface area contributed by atoms with E-state index in [4.69, 9.17) is 0 Å². The molecule has 1 amide bonds. The van der Waals surface area contributed by atoms with E-state index in [2.05, 4.69) is 20.5 Å². The van der Waals surface area contributed by atoms with Crippen LogP contribution in [0.15, 0.2) is 60.8 Å². The topological polar surface area (TPSA) is 94.6 Å². The molecule has 2 heterocycles. The number of carbonyl (C=O) groups is 2. The van der Waals surface area contributed by atoms with E-state index >= 15 is 0 Å². The monoisotopic (exact) mass is 554 g/mol. The highest BCUT2D eigenvalue weighted by Crippen LogP contribution is 2.32. The summed E-state index contributed by atoms with van der Waals surface area (Å²) in [7, 11) is 0. The van der Waals surface area contributed by atoms with Crippen molar-refractivity contribution < 1.29 is 27.9 Å². The molecule has 1 saturated heterocycles. The van der Waals surface area contributed by atoms with Crippen molar-refractivity contribution >= 4 is 23.4 Å². The van der Waals surface area contributed by atoms with Crippen molar-refractivity contribution in [2.24, 2.45) is 5.92 Å². The minimum Gasteiger partial charge on any atom is -0.480 e. The molecule has 0 spiro atoms. The number of hydrogen-bond donors (Lipinski definition) is 3. The summed E-state index contributed by atoms with van der Waals surface area (Å²) in [6.07, 6.45) is -0.647. The fourth-order valence-electron chi connectivity index (χ4n) is 5.11. The van der Waals surface area contributed by atoms with Crippen molar-refractivity contribution in [1.82, 2.24) is 10.3 Å². The summed E-state index contributed by atoms with van der Waals surface area (Å²) < 4.78 is 39.3. The summed E-state index contributed by atoms with van der Waals surface area (Å²) >= 11 is 0. The number of carboxylic acid groups (broad SMARTS) is 1. The van der Waals surface area contributed by atoms with Crippen molar-refractivity contribution in [2.75, 3.05) is 29.9 Å². The SMILES string of the molecule is Cc1cc(C(F)(F)F)cc(C)c1C(=O)NC(Cc1ccc(N2CCC(CNc3ccccn3)CC2)cc1)C(=O)O. The third-order valence-electron chi connectivity index (χ3n) is 7.28. The molecule has 2 aromatic carbocycles. The van der Waals surface area contributed by atoms with E-state index in [0.29, 0.717) is 5.92 Å². The molecule has 0 aliphatic carbocycles. The highest BCUT2D eigenvalue weighted by molar-refractivity contribution is 5.99. The number of piperidine rings is 1. The molecule has 1 unspecified atom stereocenters. The molecule has 40 heavy (non-hydrogen) atoms. The lowest BCUT2D eigenvalue weighted by Crippen LogP contribution is -2.42. The second kappa shape index (κ2) is 12.4. The van der Waals surface area contributed by atoms with Crippen LogP contribution in [-0.4, -0.2) is 47.6 Å². The molecule has 1 fully saturated rings. The number of alkyl halides is 3. The number of aliphatic carboxylic acids is 1. The van der Waals surface area contributed by atoms with Gasteiger partial charge in [0.2, 0.25) is 0 Å². The highest BCUT2D eigenvalue weighted by Gasteiger charge is 2.32.